The van der Waals surface area contributed by atoms with Crippen LogP contribution in [0.5, 0.6) is 0 Å². The van der Waals surface area contributed by atoms with E-state index in [1.54, 1.807) is 6.08 Å². The first-order valence-electron chi connectivity index (χ1n) is 17.1. The topological polar surface area (TPSA) is 93.1 Å². The Bertz CT molecular complexity index is 851. The first kappa shape index (κ1) is 41.3. The molecule has 0 aliphatic rings. The van der Waals surface area contributed by atoms with Crippen LogP contribution in [0.2, 0.25) is 0 Å². The number of carbonyl (C=O) groups excluding carboxylic acids is 2. The zero-order valence-electron chi connectivity index (χ0n) is 27.8. The molecule has 0 amide bonds. The van der Waals surface area contributed by atoms with Crippen molar-refractivity contribution in [3.63, 3.8) is 0 Å². The Kier molecular flexibility index (Phi) is 31.2. The molecule has 0 saturated carbocycles. The second-order valence-corrected chi connectivity index (χ2v) is 11.1. The lowest BCUT2D eigenvalue weighted by Crippen LogP contribution is -2.28. The fraction of sp³-hybridized carbons (Fsp3) is 0.632. The van der Waals surface area contributed by atoms with Crippen molar-refractivity contribution in [2.45, 2.75) is 142 Å². The van der Waals surface area contributed by atoms with Crippen molar-refractivity contribution < 1.29 is 29.3 Å². The summed E-state index contributed by atoms with van der Waals surface area (Å²) in [6.07, 6.45) is 40.1. The van der Waals surface area contributed by atoms with Gasteiger partial charge in [-0.3, -0.25) is 9.59 Å². The Labute approximate surface area is 268 Å². The van der Waals surface area contributed by atoms with E-state index in [-0.39, 0.29) is 25.6 Å². The predicted molar refractivity (Wildman–Crippen MR) is 183 cm³/mol. The molecule has 2 N–H and O–H groups in total. The van der Waals surface area contributed by atoms with Gasteiger partial charge in [-0.1, -0.05) is 145 Å². The van der Waals surface area contributed by atoms with E-state index in [0.29, 0.717) is 19.3 Å². The molecule has 0 aliphatic carbocycles. The third-order valence-corrected chi connectivity index (χ3v) is 6.86. The lowest BCUT2D eigenvalue weighted by Gasteiger charge is -2.15. The van der Waals surface area contributed by atoms with Crippen LogP contribution >= 0.6 is 0 Å². The number of aliphatic hydroxyl groups excluding tert-OH is 2. The number of aliphatic hydroxyl groups is 2. The Hall–Kier alpha value is -2.70. The maximum absolute atomic E-state index is 12.1. The molecule has 0 aromatic rings. The van der Waals surface area contributed by atoms with E-state index in [1.165, 1.54) is 44.9 Å². The molecule has 0 spiro atoms. The van der Waals surface area contributed by atoms with Gasteiger partial charge in [0.25, 0.3) is 0 Å². The molecule has 0 bridgehead atoms. The van der Waals surface area contributed by atoms with Crippen LogP contribution in [0.3, 0.4) is 0 Å². The number of ether oxygens (including phenoxy) is 2. The third kappa shape index (κ3) is 30.7. The maximum atomic E-state index is 12.1. The molecule has 250 valence electrons. The van der Waals surface area contributed by atoms with Gasteiger partial charge < -0.3 is 19.7 Å². The number of hydrogen-bond donors (Lipinski definition) is 2. The van der Waals surface area contributed by atoms with Crippen LogP contribution in [0.4, 0.5) is 0 Å². The number of hydrogen-bond acceptors (Lipinski definition) is 6. The van der Waals surface area contributed by atoms with Gasteiger partial charge in [0.05, 0.1) is 12.7 Å². The van der Waals surface area contributed by atoms with Crippen LogP contribution in [0.15, 0.2) is 72.9 Å². The largest absolute Gasteiger partial charge is 0.462 e. The van der Waals surface area contributed by atoms with E-state index >= 15 is 0 Å². The molecule has 0 aliphatic heterocycles. The standard InChI is InChI=1S/C38H62O6/c1-3-5-7-8-9-10-17-20-23-27-31-37(41)43-34-36(33-39)44-38(42)32-28-24-21-18-15-13-11-12-14-16-19-22-26-30-35(40)29-25-6-4-2/h6,12-15,19,21-22,24-26,30,35-36,39-40H,3-5,7-11,16-18,20,23,27-29,31-34H2,1-2H3/b14-12-,15-13-,22-19+,24-21-,25-6-,30-26+/t35?,36-/m0/s1. The first-order valence-corrected chi connectivity index (χ1v) is 17.1. The minimum Gasteiger partial charge on any atom is -0.462 e. The van der Waals surface area contributed by atoms with E-state index in [9.17, 15) is 19.8 Å². The summed E-state index contributed by atoms with van der Waals surface area (Å²) in [4.78, 5) is 24.1. The van der Waals surface area contributed by atoms with Gasteiger partial charge in [0.15, 0.2) is 6.10 Å². The van der Waals surface area contributed by atoms with E-state index in [2.05, 4.69) is 44.2 Å². The molecule has 6 heteroatoms. The van der Waals surface area contributed by atoms with Gasteiger partial charge >= 0.3 is 11.9 Å². The summed E-state index contributed by atoms with van der Waals surface area (Å²) < 4.78 is 10.5. The molecular formula is C38H62O6. The second-order valence-electron chi connectivity index (χ2n) is 11.1. The maximum Gasteiger partial charge on any atom is 0.306 e. The van der Waals surface area contributed by atoms with Gasteiger partial charge in [-0.05, 0) is 44.9 Å². The number of rotatable bonds is 29. The average Bonchev–Trinajstić information content (AvgIpc) is 3.02. The highest BCUT2D eigenvalue weighted by Crippen LogP contribution is 2.12. The highest BCUT2D eigenvalue weighted by atomic mass is 16.6. The molecule has 0 aromatic heterocycles. The van der Waals surface area contributed by atoms with Gasteiger partial charge in [-0.25, -0.2) is 0 Å². The summed E-state index contributed by atoms with van der Waals surface area (Å²) in [6, 6.07) is 0. The van der Waals surface area contributed by atoms with E-state index in [0.717, 1.165) is 44.9 Å². The van der Waals surface area contributed by atoms with Crippen molar-refractivity contribution in [2.24, 2.45) is 0 Å². The molecule has 0 radical (unpaired) electrons. The summed E-state index contributed by atoms with van der Waals surface area (Å²) in [5.41, 5.74) is 0. The van der Waals surface area contributed by atoms with Gasteiger partial charge in [-0.15, -0.1) is 0 Å². The van der Waals surface area contributed by atoms with Gasteiger partial charge in [-0.2, -0.15) is 0 Å². The van der Waals surface area contributed by atoms with Crippen molar-refractivity contribution >= 4 is 11.9 Å². The Morgan fingerprint density at radius 1 is 0.659 bits per heavy atom. The summed E-state index contributed by atoms with van der Waals surface area (Å²) >= 11 is 0. The van der Waals surface area contributed by atoms with Crippen LogP contribution in [0.1, 0.15) is 129 Å². The van der Waals surface area contributed by atoms with E-state index < -0.39 is 18.2 Å². The molecule has 44 heavy (non-hydrogen) atoms. The molecule has 0 heterocycles. The molecular weight excluding hydrogens is 552 g/mol. The second kappa shape index (κ2) is 33.2. The zero-order valence-corrected chi connectivity index (χ0v) is 27.8. The summed E-state index contributed by atoms with van der Waals surface area (Å²) in [5, 5.41) is 19.3. The number of allylic oxidation sites excluding steroid dienone is 10. The highest BCUT2D eigenvalue weighted by Gasteiger charge is 2.15. The summed E-state index contributed by atoms with van der Waals surface area (Å²) in [6.45, 7) is 3.82. The van der Waals surface area contributed by atoms with Crippen molar-refractivity contribution in [1.82, 2.24) is 0 Å². The molecule has 0 aromatic carbocycles. The average molecular weight is 615 g/mol. The van der Waals surface area contributed by atoms with Crippen LogP contribution in [-0.4, -0.2) is 47.6 Å². The van der Waals surface area contributed by atoms with Crippen molar-refractivity contribution in [2.75, 3.05) is 13.2 Å². The summed E-state index contributed by atoms with van der Waals surface area (Å²) in [5.74, 6) is -0.719. The zero-order chi connectivity index (χ0) is 32.4. The molecule has 0 rings (SSSR count). The van der Waals surface area contributed by atoms with Crippen LogP contribution in [0, 0.1) is 0 Å². The molecule has 2 atom stereocenters. The highest BCUT2D eigenvalue weighted by molar-refractivity contribution is 5.70. The number of unbranched alkanes of at least 4 members (excludes halogenated alkanes) is 9. The molecule has 6 nitrogen and oxygen atoms in total. The van der Waals surface area contributed by atoms with Crippen LogP contribution in [-0.2, 0) is 19.1 Å². The molecule has 1 unspecified atom stereocenters. The first-order chi connectivity index (χ1) is 21.5. The molecule has 0 fully saturated rings. The SMILES string of the molecule is CC/C=C\CC(O)/C=C/C=C/C/C=C\C/C=C\C/C=C\CCC(=O)O[C@@H](CO)COC(=O)CCCCCCCCCCCC. The lowest BCUT2D eigenvalue weighted by atomic mass is 10.1. The quantitative estimate of drug-likeness (QED) is 0.0378. The minimum atomic E-state index is -0.822. The number of esters is 2. The fourth-order valence-electron chi connectivity index (χ4n) is 4.25. The lowest BCUT2D eigenvalue weighted by molar-refractivity contribution is -0.161. The van der Waals surface area contributed by atoms with Gasteiger partial charge in [0.1, 0.15) is 6.61 Å². The smallest absolute Gasteiger partial charge is 0.306 e. The van der Waals surface area contributed by atoms with Crippen molar-refractivity contribution in [1.29, 1.82) is 0 Å². The monoisotopic (exact) mass is 614 g/mol. The normalized spacial score (nSPS) is 13.8. The Balaban J connectivity index is 3.82. The molecule has 0 saturated heterocycles. The summed E-state index contributed by atoms with van der Waals surface area (Å²) in [7, 11) is 0. The Morgan fingerprint density at radius 2 is 1.25 bits per heavy atom. The van der Waals surface area contributed by atoms with Gasteiger partial charge in [0, 0.05) is 12.8 Å². The van der Waals surface area contributed by atoms with Crippen LogP contribution in [0.25, 0.3) is 0 Å². The van der Waals surface area contributed by atoms with Crippen LogP contribution < -0.4 is 0 Å². The third-order valence-electron chi connectivity index (χ3n) is 6.86. The van der Waals surface area contributed by atoms with E-state index in [1.807, 2.05) is 36.5 Å². The van der Waals surface area contributed by atoms with Crippen molar-refractivity contribution in [3.8, 4) is 0 Å². The van der Waals surface area contributed by atoms with Crippen molar-refractivity contribution in [3.05, 3.63) is 72.9 Å². The minimum absolute atomic E-state index is 0.109. The fourth-order valence-corrected chi connectivity index (χ4v) is 4.25. The van der Waals surface area contributed by atoms with Gasteiger partial charge in [0.2, 0.25) is 0 Å². The predicted octanol–water partition coefficient (Wildman–Crippen LogP) is 9.19. The Morgan fingerprint density at radius 3 is 1.86 bits per heavy atom. The van der Waals surface area contributed by atoms with E-state index in [4.69, 9.17) is 9.47 Å². The number of carbonyl (C=O) groups is 2.